The van der Waals surface area contributed by atoms with Crippen LogP contribution in [0.5, 0.6) is 0 Å². The Morgan fingerprint density at radius 2 is 2.04 bits per heavy atom. The molecule has 7 heteroatoms. The average molecular weight is 379 g/mol. The number of fused-ring (bicyclic) bond motifs is 2. The predicted octanol–water partition coefficient (Wildman–Crippen LogP) is 1.68. The molecule has 1 aromatic carbocycles. The molecule has 1 spiro atoms. The van der Waals surface area contributed by atoms with Crippen molar-refractivity contribution in [3.63, 3.8) is 0 Å². The molecule has 0 unspecified atom stereocenters. The molecule has 0 aliphatic carbocycles. The van der Waals surface area contributed by atoms with Crippen LogP contribution in [0.2, 0.25) is 0 Å². The fourth-order valence-corrected chi connectivity index (χ4v) is 5.22. The molecule has 2 saturated heterocycles. The fourth-order valence-electron chi connectivity index (χ4n) is 5.22. The number of anilines is 1. The van der Waals surface area contributed by atoms with E-state index in [-0.39, 0.29) is 17.9 Å². The van der Waals surface area contributed by atoms with Crippen molar-refractivity contribution in [2.24, 2.45) is 7.05 Å². The van der Waals surface area contributed by atoms with E-state index >= 15 is 0 Å². The van der Waals surface area contributed by atoms with Gasteiger partial charge in [0.05, 0.1) is 18.8 Å². The van der Waals surface area contributed by atoms with Crippen LogP contribution in [-0.2, 0) is 22.1 Å². The lowest BCUT2D eigenvalue weighted by molar-refractivity contribution is -0.134. The molecule has 2 fully saturated rings. The van der Waals surface area contributed by atoms with Crippen LogP contribution in [0.1, 0.15) is 36.4 Å². The summed E-state index contributed by atoms with van der Waals surface area (Å²) >= 11 is 0. The van der Waals surface area contributed by atoms with Gasteiger partial charge in [-0.15, -0.1) is 0 Å². The van der Waals surface area contributed by atoms with Crippen LogP contribution in [0.3, 0.4) is 0 Å². The Bertz CT molecular complexity index is 932. The maximum atomic E-state index is 13.3. The molecule has 0 bridgehead atoms. The highest BCUT2D eigenvalue weighted by Crippen LogP contribution is 2.54. The normalized spacial score (nSPS) is 26.8. The molecule has 3 aliphatic rings. The first-order chi connectivity index (χ1) is 13.6. The van der Waals surface area contributed by atoms with Crippen molar-refractivity contribution in [3.8, 4) is 0 Å². The summed E-state index contributed by atoms with van der Waals surface area (Å²) < 4.78 is 1.74. The van der Waals surface area contributed by atoms with Crippen molar-refractivity contribution in [1.29, 1.82) is 0 Å². The maximum absolute atomic E-state index is 13.3. The number of hydrogen-bond donors (Lipinski definition) is 1. The number of aryl methyl sites for hydroxylation is 1. The van der Waals surface area contributed by atoms with E-state index in [0.717, 1.165) is 42.7 Å². The summed E-state index contributed by atoms with van der Waals surface area (Å²) in [5, 5.41) is 7.39. The lowest BCUT2D eigenvalue weighted by Crippen LogP contribution is -2.45. The Morgan fingerprint density at radius 3 is 2.79 bits per heavy atom. The first kappa shape index (κ1) is 17.4. The van der Waals surface area contributed by atoms with Crippen LogP contribution >= 0.6 is 0 Å². The quantitative estimate of drug-likeness (QED) is 0.881. The first-order valence-electron chi connectivity index (χ1n) is 10.0. The molecule has 0 saturated carbocycles. The van der Waals surface area contributed by atoms with Gasteiger partial charge in [0, 0.05) is 31.0 Å². The molecular formula is C21H25N5O2. The van der Waals surface area contributed by atoms with Gasteiger partial charge in [0.2, 0.25) is 11.8 Å². The molecule has 146 valence electrons. The Kier molecular flexibility index (Phi) is 4.01. The van der Waals surface area contributed by atoms with E-state index in [0.29, 0.717) is 19.5 Å². The number of carbonyl (C=O) groups is 2. The molecule has 5 rings (SSSR count). The molecule has 1 aromatic heterocycles. The summed E-state index contributed by atoms with van der Waals surface area (Å²) in [6.45, 7) is 2.96. The van der Waals surface area contributed by atoms with Gasteiger partial charge in [0.25, 0.3) is 0 Å². The molecule has 1 N–H and O–H groups in total. The van der Waals surface area contributed by atoms with Gasteiger partial charge in [-0.05, 0) is 44.0 Å². The molecule has 28 heavy (non-hydrogen) atoms. The van der Waals surface area contributed by atoms with Crippen molar-refractivity contribution >= 4 is 17.5 Å². The highest BCUT2D eigenvalue weighted by atomic mass is 16.2. The predicted molar refractivity (Wildman–Crippen MR) is 105 cm³/mol. The van der Waals surface area contributed by atoms with E-state index in [9.17, 15) is 9.59 Å². The van der Waals surface area contributed by atoms with Crippen LogP contribution in [0.4, 0.5) is 5.69 Å². The highest BCUT2D eigenvalue weighted by Gasteiger charge is 2.59. The van der Waals surface area contributed by atoms with Gasteiger partial charge in [0.15, 0.2) is 0 Å². The summed E-state index contributed by atoms with van der Waals surface area (Å²) in [6.07, 6.45) is 6.66. The number of para-hydroxylation sites is 1. The minimum absolute atomic E-state index is 0.0148. The van der Waals surface area contributed by atoms with Gasteiger partial charge in [-0.1, -0.05) is 18.2 Å². The lowest BCUT2D eigenvalue weighted by atomic mass is 9.73. The Morgan fingerprint density at radius 1 is 1.25 bits per heavy atom. The summed E-state index contributed by atoms with van der Waals surface area (Å²) in [5.41, 5.74) is 2.02. The van der Waals surface area contributed by atoms with E-state index in [1.165, 1.54) is 0 Å². The van der Waals surface area contributed by atoms with Crippen LogP contribution in [0.15, 0.2) is 36.7 Å². The molecule has 7 nitrogen and oxygen atoms in total. The van der Waals surface area contributed by atoms with Gasteiger partial charge < -0.3 is 10.2 Å². The van der Waals surface area contributed by atoms with E-state index in [2.05, 4.69) is 15.3 Å². The zero-order valence-corrected chi connectivity index (χ0v) is 16.1. The molecule has 3 aliphatic heterocycles. The van der Waals surface area contributed by atoms with Crippen LogP contribution < -0.4 is 5.32 Å². The number of rotatable bonds is 3. The monoisotopic (exact) mass is 379 g/mol. The maximum Gasteiger partial charge on any atom is 0.237 e. The second kappa shape index (κ2) is 6.44. The zero-order valence-electron chi connectivity index (χ0n) is 16.1. The van der Waals surface area contributed by atoms with Crippen LogP contribution in [-0.4, -0.2) is 57.6 Å². The number of hydrogen-bond acceptors (Lipinski definition) is 4. The summed E-state index contributed by atoms with van der Waals surface area (Å²) in [4.78, 5) is 30.7. The van der Waals surface area contributed by atoms with Crippen molar-refractivity contribution in [2.45, 2.75) is 30.7 Å². The Balaban J connectivity index is 1.57. The molecule has 2 aromatic rings. The largest absolute Gasteiger partial charge is 0.333 e. The van der Waals surface area contributed by atoms with Crippen molar-refractivity contribution < 1.29 is 9.59 Å². The van der Waals surface area contributed by atoms with Crippen LogP contribution in [0, 0.1) is 0 Å². The Labute approximate surface area is 164 Å². The third-order valence-corrected chi connectivity index (χ3v) is 6.51. The topological polar surface area (TPSA) is 70.5 Å². The number of nitrogens with zero attached hydrogens (tertiary/aromatic N) is 4. The molecular weight excluding hydrogens is 354 g/mol. The second-order valence-corrected chi connectivity index (χ2v) is 8.14. The van der Waals surface area contributed by atoms with Gasteiger partial charge in [-0.3, -0.25) is 19.2 Å². The van der Waals surface area contributed by atoms with Gasteiger partial charge in [-0.2, -0.15) is 5.10 Å². The standard InChI is InChI=1S/C21H25N5O2/c1-24-13-15(12-22-24)19-21(16-6-2-3-7-17(16)23-20(21)28)8-11-26(19)18(27)14-25-9-4-5-10-25/h2-3,6-7,12-13,19H,4-5,8-11,14H2,1H3,(H,23,28)/t19-,21+/m0/s1. The smallest absolute Gasteiger partial charge is 0.237 e. The fraction of sp³-hybridized carbons (Fsp3) is 0.476. The third kappa shape index (κ3) is 2.49. The number of amides is 2. The summed E-state index contributed by atoms with van der Waals surface area (Å²) in [5.74, 6) is 0.0869. The van der Waals surface area contributed by atoms with Gasteiger partial charge in [0.1, 0.15) is 5.41 Å². The van der Waals surface area contributed by atoms with Gasteiger partial charge in [-0.25, -0.2) is 0 Å². The number of nitrogens with one attached hydrogen (secondary N) is 1. The second-order valence-electron chi connectivity index (χ2n) is 8.14. The molecule has 2 amide bonds. The highest BCUT2D eigenvalue weighted by molar-refractivity contribution is 6.07. The third-order valence-electron chi connectivity index (χ3n) is 6.51. The van der Waals surface area contributed by atoms with E-state index in [4.69, 9.17) is 0 Å². The lowest BCUT2D eigenvalue weighted by Gasteiger charge is -2.34. The molecule has 4 heterocycles. The Hall–Kier alpha value is -2.67. The van der Waals surface area contributed by atoms with E-state index in [1.54, 1.807) is 10.9 Å². The number of aromatic nitrogens is 2. The number of benzene rings is 1. The van der Waals surface area contributed by atoms with E-state index < -0.39 is 5.41 Å². The SMILES string of the molecule is Cn1cc([C@@H]2N(C(=O)CN3CCCC3)CC[C@]23C(=O)Nc2ccccc23)cn1. The summed E-state index contributed by atoms with van der Waals surface area (Å²) in [7, 11) is 1.87. The van der Waals surface area contributed by atoms with Crippen molar-refractivity contribution in [1.82, 2.24) is 19.6 Å². The number of carbonyl (C=O) groups excluding carboxylic acids is 2. The van der Waals surface area contributed by atoms with Crippen molar-refractivity contribution in [2.75, 3.05) is 31.5 Å². The van der Waals surface area contributed by atoms with Gasteiger partial charge >= 0.3 is 0 Å². The minimum atomic E-state index is -0.750. The van der Waals surface area contributed by atoms with E-state index in [1.807, 2.05) is 42.4 Å². The molecule has 0 radical (unpaired) electrons. The van der Waals surface area contributed by atoms with Crippen LogP contribution in [0.25, 0.3) is 0 Å². The van der Waals surface area contributed by atoms with Crippen molar-refractivity contribution in [3.05, 3.63) is 47.8 Å². The minimum Gasteiger partial charge on any atom is -0.333 e. The first-order valence-corrected chi connectivity index (χ1v) is 10.0. The molecule has 2 atom stereocenters. The summed E-state index contributed by atoms with van der Waals surface area (Å²) in [6, 6.07) is 7.53. The number of likely N-dealkylation sites (tertiary alicyclic amines) is 2. The zero-order chi connectivity index (χ0) is 19.3. The average Bonchev–Trinajstić information content (AvgIpc) is 3.44.